The Hall–Kier alpha value is -1.51. The highest BCUT2D eigenvalue weighted by atomic mass is 16.5. The molecular weight excluding hydrogens is 492 g/mol. The molecule has 0 unspecified atom stereocenters. The number of carbonyl (C=O) groups is 1. The average Bonchev–Trinajstić information content (AvgIpc) is 2.88. The van der Waals surface area contributed by atoms with E-state index in [9.17, 15) is 9.90 Å². The van der Waals surface area contributed by atoms with Crippen LogP contribution in [0.4, 0.5) is 0 Å². The van der Waals surface area contributed by atoms with Gasteiger partial charge in [0.1, 0.15) is 5.75 Å². The maximum absolute atomic E-state index is 12.8. The average molecular weight is 559 g/mol. The number of unbranched alkanes of at least 4 members (excludes halogenated alkanes) is 19. The molecule has 1 N–H and O–H groups in total. The van der Waals surface area contributed by atoms with Gasteiger partial charge in [-0.15, -0.1) is 0 Å². The minimum Gasteiger partial charge on any atom is -0.507 e. The van der Waals surface area contributed by atoms with Gasteiger partial charge in [-0.1, -0.05) is 170 Å². The van der Waals surface area contributed by atoms with Crippen molar-refractivity contribution in [1.82, 2.24) is 0 Å². The van der Waals surface area contributed by atoms with E-state index >= 15 is 0 Å². The van der Waals surface area contributed by atoms with Crippen molar-refractivity contribution in [1.29, 1.82) is 0 Å². The number of ether oxygens (including phenoxy) is 1. The molecule has 0 radical (unpaired) electrons. The summed E-state index contributed by atoms with van der Waals surface area (Å²) in [6, 6.07) is 3.62. The third-order valence-electron chi connectivity index (χ3n) is 8.19. The summed E-state index contributed by atoms with van der Waals surface area (Å²) in [7, 11) is 0. The highest BCUT2D eigenvalue weighted by Gasteiger charge is 2.28. The molecule has 0 amide bonds. The molecule has 1 aromatic carbocycles. The van der Waals surface area contributed by atoms with Crippen LogP contribution in [0.2, 0.25) is 0 Å². The Morgan fingerprint density at radius 2 is 0.875 bits per heavy atom. The quantitative estimate of drug-likeness (QED) is 0.114. The van der Waals surface area contributed by atoms with Crippen LogP contribution in [-0.4, -0.2) is 17.7 Å². The lowest BCUT2D eigenvalue weighted by Crippen LogP contribution is -2.19. The molecule has 0 aliphatic rings. The van der Waals surface area contributed by atoms with Crippen LogP contribution < -0.4 is 0 Å². The standard InChI is InChI=1S/C37H66O3/c1-8-9-10-11-12-13-14-15-16-17-18-19-20-21-22-23-24-25-26-27-28-40-35(39)31-29-32(36(2,3)4)34(38)33(30-31)37(5,6)7/h29-30,38H,8-28H2,1-7H3. The van der Waals surface area contributed by atoms with Crippen LogP contribution in [0.15, 0.2) is 12.1 Å². The molecule has 0 heterocycles. The molecular formula is C37H66O3. The minimum atomic E-state index is -0.284. The Bertz CT molecular complexity index is 762. The number of hydrogen-bond donors (Lipinski definition) is 1. The van der Waals surface area contributed by atoms with Gasteiger partial charge in [0.15, 0.2) is 0 Å². The largest absolute Gasteiger partial charge is 0.507 e. The van der Waals surface area contributed by atoms with Crippen molar-refractivity contribution in [2.24, 2.45) is 0 Å². The molecule has 1 aromatic rings. The molecule has 0 fully saturated rings. The normalized spacial score (nSPS) is 12.2. The molecule has 0 saturated heterocycles. The van der Waals surface area contributed by atoms with Crippen molar-refractivity contribution in [2.75, 3.05) is 6.61 Å². The van der Waals surface area contributed by atoms with Gasteiger partial charge in [0.05, 0.1) is 12.2 Å². The van der Waals surface area contributed by atoms with Crippen LogP contribution in [0, 0.1) is 0 Å². The van der Waals surface area contributed by atoms with Crippen LogP contribution in [-0.2, 0) is 15.6 Å². The second kappa shape index (κ2) is 20.4. The van der Waals surface area contributed by atoms with E-state index in [1.165, 1.54) is 116 Å². The van der Waals surface area contributed by atoms with E-state index < -0.39 is 0 Å². The van der Waals surface area contributed by atoms with E-state index in [0.29, 0.717) is 17.9 Å². The van der Waals surface area contributed by atoms with Crippen LogP contribution in [0.25, 0.3) is 0 Å². The Labute approximate surface area is 249 Å². The number of rotatable bonds is 22. The highest BCUT2D eigenvalue weighted by molar-refractivity contribution is 5.90. The molecule has 0 bridgehead atoms. The smallest absolute Gasteiger partial charge is 0.338 e. The predicted octanol–water partition coefficient (Wildman–Crippen LogP) is 12.0. The summed E-state index contributed by atoms with van der Waals surface area (Å²) < 4.78 is 5.62. The zero-order chi connectivity index (χ0) is 29.9. The van der Waals surface area contributed by atoms with Crippen molar-refractivity contribution >= 4 is 5.97 Å². The fourth-order valence-corrected chi connectivity index (χ4v) is 5.50. The van der Waals surface area contributed by atoms with E-state index in [2.05, 4.69) is 48.5 Å². The van der Waals surface area contributed by atoms with Crippen molar-refractivity contribution in [2.45, 2.75) is 188 Å². The number of carbonyl (C=O) groups excluding carboxylic acids is 1. The first-order chi connectivity index (χ1) is 19.0. The molecule has 0 aliphatic carbocycles. The summed E-state index contributed by atoms with van der Waals surface area (Å²) in [4.78, 5) is 12.8. The van der Waals surface area contributed by atoms with Crippen LogP contribution in [0.1, 0.15) is 198 Å². The molecule has 232 valence electrons. The summed E-state index contributed by atoms with van der Waals surface area (Å²) in [6.07, 6.45) is 27.2. The lowest BCUT2D eigenvalue weighted by atomic mass is 9.78. The molecule has 0 aromatic heterocycles. The number of esters is 1. The van der Waals surface area contributed by atoms with Crippen LogP contribution >= 0.6 is 0 Å². The van der Waals surface area contributed by atoms with Gasteiger partial charge in [-0.2, -0.15) is 0 Å². The highest BCUT2D eigenvalue weighted by Crippen LogP contribution is 2.39. The number of phenols is 1. The second-order valence-corrected chi connectivity index (χ2v) is 14.3. The zero-order valence-electron chi connectivity index (χ0n) is 27.8. The van der Waals surface area contributed by atoms with Gasteiger partial charge in [0.2, 0.25) is 0 Å². The predicted molar refractivity (Wildman–Crippen MR) is 174 cm³/mol. The lowest BCUT2D eigenvalue weighted by Gasteiger charge is -2.28. The molecule has 0 aliphatic heterocycles. The third kappa shape index (κ3) is 16.1. The third-order valence-corrected chi connectivity index (χ3v) is 8.19. The summed E-state index contributed by atoms with van der Waals surface area (Å²) in [6.45, 7) is 15.1. The van der Waals surface area contributed by atoms with Crippen LogP contribution in [0.3, 0.4) is 0 Å². The summed E-state index contributed by atoms with van der Waals surface area (Å²) >= 11 is 0. The SMILES string of the molecule is CCCCCCCCCCCCCCCCCCCCCCOC(=O)c1cc(C(C)(C)C)c(O)c(C(C)(C)C)c1. The molecule has 3 heteroatoms. The van der Waals surface area contributed by atoms with Gasteiger partial charge < -0.3 is 9.84 Å². The van der Waals surface area contributed by atoms with Gasteiger partial charge in [-0.3, -0.25) is 0 Å². The van der Waals surface area contributed by atoms with E-state index in [4.69, 9.17) is 4.74 Å². The van der Waals surface area contributed by atoms with E-state index in [0.717, 1.165) is 24.0 Å². The second-order valence-electron chi connectivity index (χ2n) is 14.3. The molecule has 0 saturated carbocycles. The Morgan fingerprint density at radius 3 is 1.18 bits per heavy atom. The molecule has 0 atom stereocenters. The number of hydrogen-bond acceptors (Lipinski definition) is 3. The molecule has 0 spiro atoms. The van der Waals surface area contributed by atoms with Gasteiger partial charge >= 0.3 is 5.97 Å². The topological polar surface area (TPSA) is 46.5 Å². The Kier molecular flexibility index (Phi) is 18.6. The maximum atomic E-state index is 12.8. The monoisotopic (exact) mass is 559 g/mol. The van der Waals surface area contributed by atoms with Gasteiger partial charge in [-0.05, 0) is 29.4 Å². The first-order valence-electron chi connectivity index (χ1n) is 17.0. The number of aromatic hydroxyl groups is 1. The molecule has 3 nitrogen and oxygen atoms in total. The van der Waals surface area contributed by atoms with Crippen molar-refractivity contribution in [3.8, 4) is 5.75 Å². The zero-order valence-corrected chi connectivity index (χ0v) is 27.8. The molecule has 40 heavy (non-hydrogen) atoms. The Balaban J connectivity index is 2.07. The summed E-state index contributed by atoms with van der Waals surface area (Å²) in [5.74, 6) is 0.0134. The van der Waals surface area contributed by atoms with E-state index in [-0.39, 0.29) is 16.8 Å². The van der Waals surface area contributed by atoms with E-state index in [1.807, 2.05) is 12.1 Å². The van der Waals surface area contributed by atoms with Crippen molar-refractivity contribution in [3.05, 3.63) is 28.8 Å². The fourth-order valence-electron chi connectivity index (χ4n) is 5.50. The van der Waals surface area contributed by atoms with E-state index in [1.54, 1.807) is 0 Å². The van der Waals surface area contributed by atoms with Crippen LogP contribution in [0.5, 0.6) is 5.75 Å². The first kappa shape index (κ1) is 36.5. The number of phenolic OH excluding ortho intramolecular Hbond substituents is 1. The first-order valence-corrected chi connectivity index (χ1v) is 17.0. The van der Waals surface area contributed by atoms with Gasteiger partial charge in [-0.25, -0.2) is 4.79 Å². The fraction of sp³-hybridized carbons (Fsp3) is 0.811. The minimum absolute atomic E-state index is 0.257. The summed E-state index contributed by atoms with van der Waals surface area (Å²) in [5.41, 5.74) is 1.62. The molecule has 1 rings (SSSR count). The maximum Gasteiger partial charge on any atom is 0.338 e. The number of benzene rings is 1. The van der Waals surface area contributed by atoms with Crippen molar-refractivity contribution in [3.63, 3.8) is 0 Å². The lowest BCUT2D eigenvalue weighted by molar-refractivity contribution is 0.0497. The van der Waals surface area contributed by atoms with Gasteiger partial charge in [0, 0.05) is 11.1 Å². The van der Waals surface area contributed by atoms with Crippen molar-refractivity contribution < 1.29 is 14.6 Å². The summed E-state index contributed by atoms with van der Waals surface area (Å²) in [5, 5.41) is 10.9. The Morgan fingerprint density at radius 1 is 0.575 bits per heavy atom. The van der Waals surface area contributed by atoms with Gasteiger partial charge in [0.25, 0.3) is 0 Å².